The van der Waals surface area contributed by atoms with Gasteiger partial charge in [0.1, 0.15) is 33.9 Å². The van der Waals surface area contributed by atoms with E-state index in [-0.39, 0.29) is 36.0 Å². The number of hydrogen-bond acceptors (Lipinski definition) is 9. The molecule has 2 aromatic rings. The topological polar surface area (TPSA) is 121 Å². The van der Waals surface area contributed by atoms with Gasteiger partial charge in [0.25, 0.3) is 0 Å². The van der Waals surface area contributed by atoms with Crippen molar-refractivity contribution in [1.29, 1.82) is 0 Å². The van der Waals surface area contributed by atoms with Gasteiger partial charge in [-0.25, -0.2) is 9.59 Å². The van der Waals surface area contributed by atoms with Crippen molar-refractivity contribution < 1.29 is 42.9 Å². The molecule has 2 aliphatic rings. The number of esters is 2. The predicted octanol–water partition coefficient (Wildman–Crippen LogP) is 8.99. The van der Waals surface area contributed by atoms with E-state index in [2.05, 4.69) is 0 Å². The molecule has 2 heterocycles. The van der Waals surface area contributed by atoms with Crippen LogP contribution in [0.1, 0.15) is 107 Å². The Labute approximate surface area is 328 Å². The molecule has 2 amide bonds. The lowest BCUT2D eigenvalue weighted by Crippen LogP contribution is -2.38. The van der Waals surface area contributed by atoms with Crippen molar-refractivity contribution in [2.45, 2.75) is 131 Å². The maximum Gasteiger partial charge on any atom is 0.410 e. The molecule has 2 aromatic carbocycles. The summed E-state index contributed by atoms with van der Waals surface area (Å²) in [6.45, 7) is 24.0. The molecule has 2 fully saturated rings. The second kappa shape index (κ2) is 17.2. The Kier molecular flexibility index (Phi) is 13.6. The predicted molar refractivity (Wildman–Crippen MR) is 211 cm³/mol. The molecule has 2 unspecified atom stereocenters. The van der Waals surface area contributed by atoms with E-state index in [1.807, 2.05) is 132 Å². The molecule has 0 aromatic heterocycles. The molecule has 11 heteroatoms. The molecule has 0 saturated carbocycles. The fourth-order valence-corrected chi connectivity index (χ4v) is 6.97. The van der Waals surface area contributed by atoms with Crippen LogP contribution in [0.2, 0.25) is 0 Å². The molecule has 11 nitrogen and oxygen atoms in total. The molecular weight excluding hydrogens is 700 g/mol. The number of carbonyl (C=O) groups is 4. The highest BCUT2D eigenvalue weighted by Crippen LogP contribution is 2.34. The summed E-state index contributed by atoms with van der Waals surface area (Å²) >= 11 is 0. The third kappa shape index (κ3) is 14.1. The lowest BCUT2D eigenvalue weighted by atomic mass is 9.86. The number of likely N-dealkylation sites (tertiary alicyclic amines) is 2. The fourth-order valence-electron chi connectivity index (χ4n) is 6.97. The molecular formula is C44H64N2O9. The summed E-state index contributed by atoms with van der Waals surface area (Å²) in [6.07, 6.45) is 1.40. The van der Waals surface area contributed by atoms with Crippen LogP contribution in [0.15, 0.2) is 48.5 Å². The molecule has 0 radical (unpaired) electrons. The molecule has 0 spiro atoms. The number of benzene rings is 2. The van der Waals surface area contributed by atoms with Gasteiger partial charge in [-0.15, -0.1) is 0 Å². The van der Waals surface area contributed by atoms with Crippen LogP contribution in [0.5, 0.6) is 11.5 Å². The van der Waals surface area contributed by atoms with Crippen molar-refractivity contribution in [3.05, 3.63) is 59.7 Å². The highest BCUT2D eigenvalue weighted by Gasteiger charge is 2.40. The fraction of sp³-hybridized carbons (Fsp3) is 0.636. The zero-order valence-corrected chi connectivity index (χ0v) is 35.2. The normalized spacial score (nSPS) is 19.1. The summed E-state index contributed by atoms with van der Waals surface area (Å²) in [7, 11) is 0. The SMILES string of the molecule is CC(C)(C)OC(=O)C(Cc1cccc(Oc2cccc(CC(C(=O)OC(C)(C)C)[C@H]3CCN(C(=O)OC(C)(C)C)C3)c2)c1)[C@H]1CCN(C(=O)OC(C)(C)C)C1. The van der Waals surface area contributed by atoms with E-state index < -0.39 is 34.2 Å². The van der Waals surface area contributed by atoms with E-state index >= 15 is 0 Å². The number of hydrogen-bond donors (Lipinski definition) is 0. The molecule has 55 heavy (non-hydrogen) atoms. The monoisotopic (exact) mass is 764 g/mol. The number of carbonyl (C=O) groups excluding carboxylic acids is 4. The van der Waals surface area contributed by atoms with Gasteiger partial charge in [-0.2, -0.15) is 0 Å². The van der Waals surface area contributed by atoms with E-state index in [0.717, 1.165) is 11.1 Å². The average molecular weight is 765 g/mol. The van der Waals surface area contributed by atoms with Crippen molar-refractivity contribution in [3.63, 3.8) is 0 Å². The van der Waals surface area contributed by atoms with E-state index in [9.17, 15) is 19.2 Å². The molecule has 0 bridgehead atoms. The number of amides is 2. The third-order valence-corrected chi connectivity index (χ3v) is 9.25. The Hall–Kier alpha value is -4.28. The molecule has 2 saturated heterocycles. The lowest BCUT2D eigenvalue weighted by Gasteiger charge is -2.28. The van der Waals surface area contributed by atoms with E-state index in [4.69, 9.17) is 23.7 Å². The number of ether oxygens (including phenoxy) is 5. The van der Waals surface area contributed by atoms with Gasteiger partial charge < -0.3 is 33.5 Å². The van der Waals surface area contributed by atoms with Crippen LogP contribution >= 0.6 is 0 Å². The van der Waals surface area contributed by atoms with E-state index in [0.29, 0.717) is 63.4 Å². The highest BCUT2D eigenvalue weighted by molar-refractivity contribution is 5.75. The first kappa shape index (κ1) is 43.4. The van der Waals surface area contributed by atoms with E-state index in [1.54, 1.807) is 9.80 Å². The average Bonchev–Trinajstić information content (AvgIpc) is 3.71. The standard InChI is InChI=1S/C44H64N2O9/c1-41(2,3)52-37(47)35(31-19-21-45(27-31)39(49)54-43(7,8)9)25-29-15-13-17-33(23-29)51-34-18-14-16-30(24-34)26-36(38(48)53-42(4,5)6)32-20-22-46(28-32)40(50)55-44(10,11)12/h13-18,23-24,31-32,35-36H,19-22,25-28H2,1-12H3/t31-,32-,35?,36?/m0/s1. The lowest BCUT2D eigenvalue weighted by molar-refractivity contribution is -0.163. The van der Waals surface area contributed by atoms with Gasteiger partial charge in [0.2, 0.25) is 0 Å². The van der Waals surface area contributed by atoms with Crippen LogP contribution in [-0.4, -0.2) is 82.5 Å². The Morgan fingerprint density at radius 2 is 0.909 bits per heavy atom. The highest BCUT2D eigenvalue weighted by atomic mass is 16.6. The smallest absolute Gasteiger partial charge is 0.410 e. The molecule has 4 rings (SSSR count). The first-order valence-corrected chi connectivity index (χ1v) is 19.6. The number of rotatable bonds is 10. The van der Waals surface area contributed by atoms with Crippen LogP contribution in [0.4, 0.5) is 9.59 Å². The Morgan fingerprint density at radius 3 is 1.24 bits per heavy atom. The first-order valence-electron chi connectivity index (χ1n) is 19.6. The second-order valence-electron chi connectivity index (χ2n) is 19.0. The van der Waals surface area contributed by atoms with Crippen molar-refractivity contribution >= 4 is 24.1 Å². The van der Waals surface area contributed by atoms with Crippen LogP contribution in [-0.2, 0) is 41.4 Å². The minimum atomic E-state index is -0.660. The number of nitrogens with zero attached hydrogens (tertiary/aromatic N) is 2. The molecule has 2 aliphatic heterocycles. The molecule has 304 valence electrons. The zero-order valence-electron chi connectivity index (χ0n) is 35.2. The molecule has 0 N–H and O–H groups in total. The summed E-state index contributed by atoms with van der Waals surface area (Å²) in [5.41, 5.74) is -0.734. The Morgan fingerprint density at radius 1 is 0.564 bits per heavy atom. The van der Waals surface area contributed by atoms with Gasteiger partial charge >= 0.3 is 24.1 Å². The van der Waals surface area contributed by atoms with Crippen molar-refractivity contribution in [1.82, 2.24) is 9.80 Å². The summed E-state index contributed by atoms with van der Waals surface area (Å²) in [4.78, 5) is 56.3. The second-order valence-corrected chi connectivity index (χ2v) is 19.0. The summed E-state index contributed by atoms with van der Waals surface area (Å²) in [5.74, 6) is -0.528. The minimum Gasteiger partial charge on any atom is -0.460 e. The van der Waals surface area contributed by atoms with Gasteiger partial charge in [0.15, 0.2) is 0 Å². The van der Waals surface area contributed by atoms with Gasteiger partial charge in [-0.1, -0.05) is 24.3 Å². The minimum absolute atomic E-state index is 0.0994. The first-order chi connectivity index (χ1) is 25.3. The molecule has 4 atom stereocenters. The summed E-state index contributed by atoms with van der Waals surface area (Å²) in [6, 6.07) is 15.3. The zero-order chi connectivity index (χ0) is 40.9. The summed E-state index contributed by atoms with van der Waals surface area (Å²) < 4.78 is 29.4. The van der Waals surface area contributed by atoms with Crippen LogP contribution in [0, 0.1) is 23.7 Å². The largest absolute Gasteiger partial charge is 0.460 e. The van der Waals surface area contributed by atoms with Gasteiger partial charge in [-0.05, 0) is 156 Å². The Balaban J connectivity index is 1.50. The van der Waals surface area contributed by atoms with Crippen LogP contribution < -0.4 is 4.74 Å². The molecule has 0 aliphatic carbocycles. The summed E-state index contributed by atoms with van der Waals surface area (Å²) in [5, 5.41) is 0. The van der Waals surface area contributed by atoms with Crippen molar-refractivity contribution in [3.8, 4) is 11.5 Å². The van der Waals surface area contributed by atoms with E-state index in [1.165, 1.54) is 0 Å². The quantitative estimate of drug-likeness (QED) is 0.172. The van der Waals surface area contributed by atoms with Crippen LogP contribution in [0.3, 0.4) is 0 Å². The third-order valence-electron chi connectivity index (χ3n) is 9.25. The van der Waals surface area contributed by atoms with Crippen LogP contribution in [0.25, 0.3) is 0 Å². The maximum absolute atomic E-state index is 13.6. The van der Waals surface area contributed by atoms with Gasteiger partial charge in [0, 0.05) is 26.2 Å². The van der Waals surface area contributed by atoms with Gasteiger partial charge in [-0.3, -0.25) is 9.59 Å². The maximum atomic E-state index is 13.6. The van der Waals surface area contributed by atoms with Gasteiger partial charge in [0.05, 0.1) is 11.8 Å². The van der Waals surface area contributed by atoms with Crippen molar-refractivity contribution in [2.24, 2.45) is 23.7 Å². The van der Waals surface area contributed by atoms with Crippen molar-refractivity contribution in [2.75, 3.05) is 26.2 Å². The Bertz CT molecular complexity index is 1540.